The molecule has 0 saturated heterocycles. The number of nitrogens with one attached hydrogen (secondary N) is 5. The number of fused-ring (bicyclic) bond motifs is 7. The molecule has 0 saturated carbocycles. The summed E-state index contributed by atoms with van der Waals surface area (Å²) in [6.45, 7) is 31.9. The Morgan fingerprint density at radius 2 is 0.739 bits per heavy atom. The van der Waals surface area contributed by atoms with Crippen LogP contribution < -0.4 is 26.6 Å². The summed E-state index contributed by atoms with van der Waals surface area (Å²) in [6.07, 6.45) is -0.869. The fraction of sp³-hybridized carbons (Fsp3) is 0.621. The van der Waals surface area contributed by atoms with Crippen molar-refractivity contribution >= 4 is 266 Å². The van der Waals surface area contributed by atoms with E-state index in [2.05, 4.69) is 143 Å². The molecule has 134 heavy (non-hydrogen) atoms. The molecule has 1 radical (unpaired) electrons. The van der Waals surface area contributed by atoms with Gasteiger partial charge in [-0.1, -0.05) is 61.3 Å². The summed E-state index contributed by atoms with van der Waals surface area (Å²) in [5.41, 5.74) is 6.84. The first-order chi connectivity index (χ1) is 61.0. The van der Waals surface area contributed by atoms with Gasteiger partial charge in [-0.25, -0.2) is 19.2 Å². The van der Waals surface area contributed by atoms with E-state index in [1.165, 1.54) is 66.4 Å². The molecular formula is C87H129BBr4Cl6F3N8O17S8. The van der Waals surface area contributed by atoms with Crippen molar-refractivity contribution in [2.24, 2.45) is 4.30 Å². The van der Waals surface area contributed by atoms with Crippen molar-refractivity contribution < 1.29 is 94.0 Å². The number of rotatable bonds is 14. The van der Waals surface area contributed by atoms with Gasteiger partial charge in [0.1, 0.15) is 65.1 Å². The minimum absolute atomic E-state index is 0. The van der Waals surface area contributed by atoms with Gasteiger partial charge in [-0.05, 0) is 290 Å². The molecule has 0 bridgehead atoms. The normalized spacial score (nSPS) is 18.0. The molecule has 0 spiro atoms. The Hall–Kier alpha value is -1.97. The summed E-state index contributed by atoms with van der Waals surface area (Å²) in [6, 6.07) is 6.57. The Balaban J connectivity index is 0.000000757. The summed E-state index contributed by atoms with van der Waals surface area (Å²) in [5, 5.41) is 25.3. The number of likely N-dealkylation sites (N-methyl/N-ethyl adjacent to an activating group) is 7. The van der Waals surface area contributed by atoms with Gasteiger partial charge in [0.25, 0.3) is 0 Å². The molecule has 7 aliphatic rings. The first-order valence-corrected chi connectivity index (χ1v) is 52.2. The first kappa shape index (κ1) is 130. The SMILES string of the molecule is C.C.CC(C)(C)OC(=O)OC(=O)OC(C)(C)C.CN(CC1OCCc2c1sc(Br)c2Cl)C(=O)OC(C)(C)C.CN(CC1OCCc2cc(Br)sc21)C(=O)OC(C)(C)C.CNCC1OCCc2c(Cl)csc21.CNCC1OCCc2c(Cl)csc21.CNCC1OCCc2c1sc(Br)c2Cl.CNCC1OCCc2cc(Br)sc21.CNCC1OCCc2ccsc21.Cl.Cl.O=CC(F)(F)F.[B]=NS. The van der Waals surface area contributed by atoms with E-state index < -0.39 is 47.2 Å². The van der Waals surface area contributed by atoms with E-state index in [0.29, 0.717) is 32.4 Å². The summed E-state index contributed by atoms with van der Waals surface area (Å²) >= 11 is 53.7. The zero-order valence-corrected chi connectivity index (χ0v) is 94.7. The van der Waals surface area contributed by atoms with Crippen molar-refractivity contribution in [3.05, 3.63) is 143 Å². The van der Waals surface area contributed by atoms with Crippen molar-refractivity contribution in [1.82, 2.24) is 36.4 Å². The second-order valence-corrected chi connectivity index (χ2v) is 47.4. The van der Waals surface area contributed by atoms with E-state index in [1.54, 1.807) is 133 Å². The van der Waals surface area contributed by atoms with Gasteiger partial charge in [-0.2, -0.15) is 13.2 Å². The number of alkyl halides is 3. The van der Waals surface area contributed by atoms with Crippen LogP contribution in [0.5, 0.6) is 0 Å². The average molecular weight is 2420 g/mol. The number of thiol groups is 1. The Kier molecular flexibility index (Phi) is 62.1. The van der Waals surface area contributed by atoms with Crippen LogP contribution in [0.25, 0.3) is 0 Å². The number of hydrogen-bond acceptors (Lipinski definition) is 31. The third-order valence-electron chi connectivity index (χ3n) is 18.1. The number of ether oxygens (including phenoxy) is 12. The van der Waals surface area contributed by atoms with Crippen LogP contribution in [0.4, 0.5) is 32.3 Å². The third-order valence-corrected chi connectivity index (χ3v) is 31.4. The predicted octanol–water partition coefficient (Wildman–Crippen LogP) is 25.9. The van der Waals surface area contributed by atoms with Gasteiger partial charge in [-0.3, -0.25) is 4.79 Å². The Morgan fingerprint density at radius 1 is 0.463 bits per heavy atom. The van der Waals surface area contributed by atoms with Crippen molar-refractivity contribution in [2.75, 3.05) is 141 Å². The maximum atomic E-state index is 12.0. The van der Waals surface area contributed by atoms with Crippen LogP contribution in [0.15, 0.2) is 53.8 Å². The minimum atomic E-state index is -4.64. The number of thiophene rings is 7. The zero-order chi connectivity index (χ0) is 97.2. The van der Waals surface area contributed by atoms with Crippen LogP contribution in [0.1, 0.15) is 214 Å². The molecule has 14 rings (SSSR count). The summed E-state index contributed by atoms with van der Waals surface area (Å²) in [5.74, 6) is 0. The predicted molar refractivity (Wildman–Crippen MR) is 566 cm³/mol. The quantitative estimate of drug-likeness (QED) is 0.0147. The molecule has 7 aromatic rings. The molecule has 5 N–H and O–H groups in total. The van der Waals surface area contributed by atoms with Gasteiger partial charge >= 0.3 is 55.4 Å². The molecule has 0 aromatic carbocycles. The standard InChI is InChI=1S/C14H19BrClNO3S.C14H20BrNO3S.C10H18O5.C9H11BrClNOS.C9H12BrNOS.2C9H12ClNOS.C9H13NOS.C2HF3O.2CH4.BHNS.2ClH/c1-14(2,3)20-13(18)17(4)7-9-11-8(5-6-19-9)10(16)12(15)21-11;1-14(2,3)19-13(17)16(4)8-10-12-9(5-6-18-10)7-11(15)20-12;1-9(2,3)14-7(11)13-8(12)15-10(4,5)6;1-12-4-6-8-5(2-3-13-6)7(11)9(10)14-8;1-11-5-7-9-6(2-3-12-7)4-8(10)13-9;2*1-11-4-8-9-6(2-3-12-8)7(10)5-13-9;1-10-6-8-9-7(2-4-11-8)3-5-12-9;3-2(4,5)1-6;;;1-2-3;;/h9H,5-7H2,1-4H3;7,10H,5-6,8H2,1-4H3;1-6H3;6,12H,2-4H2,1H3;4,7,11H,2-3,5H2,1H3;2*5,8,11H,2-4H2,1H3;3,5,8,10H,2,4,6H2,1H3;1H;2*1H4;3H;2*1H. The molecule has 25 nitrogen and oxygen atoms in total. The molecule has 761 valence electrons. The number of carbonyl (C=O) groups is 5. The van der Waals surface area contributed by atoms with Crippen LogP contribution >= 0.6 is 227 Å². The third kappa shape index (κ3) is 45.5. The van der Waals surface area contributed by atoms with Crippen LogP contribution in [0.3, 0.4) is 0 Å². The van der Waals surface area contributed by atoms with E-state index in [4.69, 9.17) is 103 Å². The molecule has 7 aromatic heterocycles. The zero-order valence-electron chi connectivity index (χ0n) is 77.1. The van der Waals surface area contributed by atoms with Gasteiger partial charge in [-0.15, -0.1) is 104 Å². The van der Waals surface area contributed by atoms with E-state index in [1.807, 2.05) is 98.9 Å². The number of amides is 2. The molecule has 0 fully saturated rings. The summed E-state index contributed by atoms with van der Waals surface area (Å²) < 4.78 is 103. The van der Waals surface area contributed by atoms with Gasteiger partial charge in [0.15, 0.2) is 0 Å². The summed E-state index contributed by atoms with van der Waals surface area (Å²) in [4.78, 5) is 66.8. The van der Waals surface area contributed by atoms with Gasteiger partial charge in [0.2, 0.25) is 6.29 Å². The van der Waals surface area contributed by atoms with Crippen LogP contribution in [-0.4, -0.2) is 218 Å². The monoisotopic (exact) mass is 2410 g/mol. The van der Waals surface area contributed by atoms with Gasteiger partial charge < -0.3 is 93.2 Å². The van der Waals surface area contributed by atoms with Gasteiger partial charge in [0.05, 0.1) is 94.6 Å². The Bertz CT molecular complexity index is 4570. The molecular weight excluding hydrogens is 2290 g/mol. The molecule has 7 unspecified atom stereocenters. The van der Waals surface area contributed by atoms with Crippen molar-refractivity contribution in [3.8, 4) is 0 Å². The second kappa shape index (κ2) is 64.0. The number of hydrogen-bond donors (Lipinski definition) is 6. The van der Waals surface area contributed by atoms with Crippen LogP contribution in [0, 0.1) is 0 Å². The molecule has 7 aliphatic heterocycles. The molecule has 2 amide bonds. The number of halogens is 13. The summed E-state index contributed by atoms with van der Waals surface area (Å²) in [7, 11) is 17.5. The fourth-order valence-electron chi connectivity index (χ4n) is 12.8. The molecule has 7 atom stereocenters. The number of nitrogens with zero attached hydrogens (tertiary/aromatic N) is 3. The van der Waals surface area contributed by atoms with E-state index in [-0.39, 0.29) is 88.5 Å². The van der Waals surface area contributed by atoms with E-state index in [0.717, 1.165) is 153 Å². The maximum absolute atomic E-state index is 12.0. The van der Waals surface area contributed by atoms with Crippen molar-refractivity contribution in [3.63, 3.8) is 0 Å². The molecule has 14 heterocycles. The second-order valence-electron chi connectivity index (χ2n) is 33.2. The van der Waals surface area contributed by atoms with Crippen LogP contribution in [0.2, 0.25) is 20.1 Å². The van der Waals surface area contributed by atoms with Crippen molar-refractivity contribution in [2.45, 2.75) is 214 Å². The Morgan fingerprint density at radius 3 is 1.07 bits per heavy atom. The average Bonchev–Trinajstić information content (AvgIpc) is 1.66. The first-order valence-electron chi connectivity index (χ1n) is 41.2. The van der Waals surface area contributed by atoms with Gasteiger partial charge in [0, 0.05) is 91.7 Å². The van der Waals surface area contributed by atoms with E-state index in [9.17, 15) is 32.3 Å². The fourth-order valence-corrected chi connectivity index (χ4v) is 24.5. The number of aldehydes is 1. The van der Waals surface area contributed by atoms with E-state index >= 15 is 0 Å². The van der Waals surface area contributed by atoms with Crippen molar-refractivity contribution in [1.29, 1.82) is 0 Å². The molecule has 47 heteroatoms. The van der Waals surface area contributed by atoms with Crippen LogP contribution in [-0.2, 0) is 107 Å². The molecule has 0 aliphatic carbocycles. The number of carbonyl (C=O) groups excluding carboxylic acids is 5. The Labute approximate surface area is 889 Å². The topological polar surface area (TPSA) is 275 Å².